The molecule has 1 unspecified atom stereocenters. The van der Waals surface area contributed by atoms with Crippen LogP contribution in [0.5, 0.6) is 0 Å². The molecule has 0 aliphatic heterocycles. The van der Waals surface area contributed by atoms with Crippen molar-refractivity contribution in [2.75, 3.05) is 5.73 Å². The Kier molecular flexibility index (Phi) is 4.27. The van der Waals surface area contributed by atoms with Gasteiger partial charge in [0.05, 0.1) is 6.04 Å². The molecule has 0 aliphatic carbocycles. The number of pyridine rings is 1. The zero-order valence-corrected chi connectivity index (χ0v) is 13.5. The lowest BCUT2D eigenvalue weighted by Gasteiger charge is -2.19. The fourth-order valence-electron chi connectivity index (χ4n) is 1.86. The molecule has 2 aromatic heterocycles. The number of rotatable bonds is 3. The lowest BCUT2D eigenvalue weighted by Crippen LogP contribution is -2.27. The van der Waals surface area contributed by atoms with Crippen LogP contribution >= 0.6 is 11.3 Å². The number of nitrogen functional groups attached to an aromatic ring is 1. The Morgan fingerprint density at radius 1 is 1.38 bits per heavy atom. The fraction of sp³-hybridized carbons (Fsp3) is 0.400. The molecule has 2 heterocycles. The van der Waals surface area contributed by atoms with Gasteiger partial charge in [0.2, 0.25) is 0 Å². The van der Waals surface area contributed by atoms with Gasteiger partial charge < -0.3 is 11.1 Å². The second-order valence-corrected chi connectivity index (χ2v) is 6.91. The van der Waals surface area contributed by atoms with E-state index in [1.54, 1.807) is 18.3 Å². The van der Waals surface area contributed by atoms with Gasteiger partial charge in [-0.15, -0.1) is 11.3 Å². The first kappa shape index (κ1) is 15.4. The van der Waals surface area contributed by atoms with Crippen molar-refractivity contribution >= 4 is 23.1 Å². The minimum atomic E-state index is -0.169. The van der Waals surface area contributed by atoms with Crippen molar-refractivity contribution in [3.63, 3.8) is 0 Å². The number of aromatic nitrogens is 2. The Morgan fingerprint density at radius 2 is 2.10 bits per heavy atom. The van der Waals surface area contributed by atoms with Crippen LogP contribution in [0.1, 0.15) is 54.8 Å². The number of hydrogen-bond donors (Lipinski definition) is 2. The summed E-state index contributed by atoms with van der Waals surface area (Å²) in [7, 11) is 0. The van der Waals surface area contributed by atoms with Crippen molar-refractivity contribution in [2.24, 2.45) is 0 Å². The highest BCUT2D eigenvalue weighted by atomic mass is 32.1. The first-order valence-electron chi connectivity index (χ1n) is 6.75. The average molecular weight is 304 g/mol. The number of thiazole rings is 1. The molecule has 2 rings (SSSR count). The summed E-state index contributed by atoms with van der Waals surface area (Å²) in [6, 6.07) is 3.25. The topological polar surface area (TPSA) is 80.9 Å². The zero-order chi connectivity index (χ0) is 15.6. The zero-order valence-electron chi connectivity index (χ0n) is 12.7. The third kappa shape index (κ3) is 3.78. The Labute approximate surface area is 128 Å². The molecule has 0 aliphatic rings. The van der Waals surface area contributed by atoms with Crippen LogP contribution in [0, 0.1) is 0 Å². The number of carbonyl (C=O) groups is 1. The molecule has 6 heteroatoms. The molecule has 0 spiro atoms. The van der Waals surface area contributed by atoms with Gasteiger partial charge in [-0.3, -0.25) is 4.79 Å². The third-order valence-corrected chi connectivity index (χ3v) is 4.00. The largest absolute Gasteiger partial charge is 0.384 e. The SMILES string of the molecule is CC(NC(=O)c1cc(N)nc(C(C)(C)C)c1)c1nccs1. The lowest BCUT2D eigenvalue weighted by atomic mass is 9.90. The molecule has 1 amide bonds. The first-order chi connectivity index (χ1) is 9.77. The summed E-state index contributed by atoms with van der Waals surface area (Å²) >= 11 is 1.52. The van der Waals surface area contributed by atoms with Crippen LogP contribution in [0.15, 0.2) is 23.7 Å². The molecule has 0 saturated heterocycles. The normalized spacial score (nSPS) is 13.0. The van der Waals surface area contributed by atoms with E-state index in [0.29, 0.717) is 11.4 Å². The first-order valence-corrected chi connectivity index (χ1v) is 7.63. The van der Waals surface area contributed by atoms with E-state index in [0.717, 1.165) is 10.7 Å². The third-order valence-electron chi connectivity index (χ3n) is 3.05. The molecule has 112 valence electrons. The summed E-state index contributed by atoms with van der Waals surface area (Å²) in [6.45, 7) is 8.02. The number of nitrogens with one attached hydrogen (secondary N) is 1. The maximum absolute atomic E-state index is 12.4. The molecule has 21 heavy (non-hydrogen) atoms. The Balaban J connectivity index is 2.21. The number of nitrogens with zero attached hydrogens (tertiary/aromatic N) is 2. The number of anilines is 1. The maximum Gasteiger partial charge on any atom is 0.252 e. The van der Waals surface area contributed by atoms with Gasteiger partial charge in [-0.25, -0.2) is 9.97 Å². The van der Waals surface area contributed by atoms with E-state index in [2.05, 4.69) is 15.3 Å². The van der Waals surface area contributed by atoms with E-state index in [1.807, 2.05) is 33.1 Å². The standard InChI is InChI=1S/C15H20N4OS/c1-9(14-17-5-6-21-14)18-13(20)10-7-11(15(2,3)4)19-12(16)8-10/h5-9H,1-4H3,(H2,16,19)(H,18,20). The monoisotopic (exact) mass is 304 g/mol. The Morgan fingerprint density at radius 3 is 2.67 bits per heavy atom. The van der Waals surface area contributed by atoms with Gasteiger partial charge in [0, 0.05) is 28.2 Å². The van der Waals surface area contributed by atoms with Gasteiger partial charge in [0.15, 0.2) is 0 Å². The second kappa shape index (κ2) is 5.81. The second-order valence-electron chi connectivity index (χ2n) is 5.98. The predicted molar refractivity (Wildman–Crippen MR) is 85.3 cm³/mol. The van der Waals surface area contributed by atoms with Crippen LogP contribution in [0.2, 0.25) is 0 Å². The molecule has 5 nitrogen and oxygen atoms in total. The minimum absolute atomic E-state index is 0.134. The van der Waals surface area contributed by atoms with Crippen LogP contribution in [0.4, 0.5) is 5.82 Å². The molecule has 2 aromatic rings. The van der Waals surface area contributed by atoms with Gasteiger partial charge in [0.1, 0.15) is 10.8 Å². The van der Waals surface area contributed by atoms with Crippen molar-refractivity contribution in [2.45, 2.75) is 39.2 Å². The number of nitrogens with two attached hydrogens (primary N) is 1. The molecule has 0 fully saturated rings. The highest BCUT2D eigenvalue weighted by molar-refractivity contribution is 7.09. The molecular formula is C15H20N4OS. The fourth-order valence-corrected chi connectivity index (χ4v) is 2.50. The molecule has 1 atom stereocenters. The minimum Gasteiger partial charge on any atom is -0.384 e. The van der Waals surface area contributed by atoms with Crippen LogP contribution in [-0.2, 0) is 5.41 Å². The average Bonchev–Trinajstić information content (AvgIpc) is 2.90. The van der Waals surface area contributed by atoms with E-state index in [9.17, 15) is 4.79 Å². The van der Waals surface area contributed by atoms with Gasteiger partial charge in [-0.2, -0.15) is 0 Å². The summed E-state index contributed by atoms with van der Waals surface area (Å²) in [5.74, 6) is 0.187. The predicted octanol–water partition coefficient (Wildman–Crippen LogP) is 2.91. The molecule has 3 N–H and O–H groups in total. The van der Waals surface area contributed by atoms with Gasteiger partial charge in [-0.05, 0) is 19.1 Å². The molecular weight excluding hydrogens is 284 g/mol. The van der Waals surface area contributed by atoms with Gasteiger partial charge in [-0.1, -0.05) is 20.8 Å². The molecule has 0 bridgehead atoms. The summed E-state index contributed by atoms with van der Waals surface area (Å²) in [5.41, 5.74) is 6.98. The number of carbonyl (C=O) groups excluding carboxylic acids is 1. The van der Waals surface area contributed by atoms with Crippen molar-refractivity contribution in [3.05, 3.63) is 40.0 Å². The molecule has 0 aromatic carbocycles. The van der Waals surface area contributed by atoms with Crippen molar-refractivity contribution < 1.29 is 4.79 Å². The van der Waals surface area contributed by atoms with Crippen molar-refractivity contribution in [3.8, 4) is 0 Å². The van der Waals surface area contributed by atoms with E-state index >= 15 is 0 Å². The van der Waals surface area contributed by atoms with E-state index in [4.69, 9.17) is 5.73 Å². The van der Waals surface area contributed by atoms with Crippen LogP contribution < -0.4 is 11.1 Å². The summed E-state index contributed by atoms with van der Waals surface area (Å²) in [6.07, 6.45) is 1.73. The quantitative estimate of drug-likeness (QED) is 0.913. The maximum atomic E-state index is 12.4. The molecule has 0 saturated carbocycles. The number of amides is 1. The number of hydrogen-bond acceptors (Lipinski definition) is 5. The highest BCUT2D eigenvalue weighted by Crippen LogP contribution is 2.23. The van der Waals surface area contributed by atoms with Crippen molar-refractivity contribution in [1.29, 1.82) is 0 Å². The van der Waals surface area contributed by atoms with Crippen LogP contribution in [0.25, 0.3) is 0 Å². The van der Waals surface area contributed by atoms with Crippen LogP contribution in [0.3, 0.4) is 0 Å². The smallest absolute Gasteiger partial charge is 0.252 e. The summed E-state index contributed by atoms with van der Waals surface area (Å²) in [5, 5.41) is 5.70. The van der Waals surface area contributed by atoms with Gasteiger partial charge >= 0.3 is 0 Å². The highest BCUT2D eigenvalue weighted by Gasteiger charge is 2.20. The van der Waals surface area contributed by atoms with E-state index in [-0.39, 0.29) is 17.4 Å². The molecule has 0 radical (unpaired) electrons. The summed E-state index contributed by atoms with van der Waals surface area (Å²) < 4.78 is 0. The van der Waals surface area contributed by atoms with Crippen LogP contribution in [-0.4, -0.2) is 15.9 Å². The van der Waals surface area contributed by atoms with E-state index in [1.165, 1.54) is 11.3 Å². The Hall–Kier alpha value is -1.95. The summed E-state index contributed by atoms with van der Waals surface area (Å²) in [4.78, 5) is 20.9. The lowest BCUT2D eigenvalue weighted by molar-refractivity contribution is 0.0939. The van der Waals surface area contributed by atoms with Gasteiger partial charge in [0.25, 0.3) is 5.91 Å². The van der Waals surface area contributed by atoms with E-state index < -0.39 is 0 Å². The van der Waals surface area contributed by atoms with Crippen molar-refractivity contribution in [1.82, 2.24) is 15.3 Å². The Bertz CT molecular complexity index is 632.